The summed E-state index contributed by atoms with van der Waals surface area (Å²) in [4.78, 5) is 21.4. The number of nitrogens with two attached hydrogens (primary N) is 1. The standard InChI is InChI=1S/C13H15NO4/c1-18-13(17)7-3-9-2-4-10(11(14)8-9)5-6-12(15)16/h2,4-6,8H,3,7,14H2,1H3,(H,15,16)/b6-5+. The summed E-state index contributed by atoms with van der Waals surface area (Å²) in [5, 5.41) is 8.51. The maximum Gasteiger partial charge on any atom is 0.328 e. The molecular formula is C13H15NO4. The van der Waals surface area contributed by atoms with E-state index in [9.17, 15) is 9.59 Å². The number of rotatable bonds is 5. The Hall–Kier alpha value is -2.30. The highest BCUT2D eigenvalue weighted by molar-refractivity contribution is 5.86. The van der Waals surface area contributed by atoms with E-state index in [1.54, 1.807) is 18.2 Å². The van der Waals surface area contributed by atoms with Crippen molar-refractivity contribution in [2.45, 2.75) is 12.8 Å². The van der Waals surface area contributed by atoms with E-state index in [2.05, 4.69) is 4.74 Å². The molecule has 0 saturated heterocycles. The van der Waals surface area contributed by atoms with Crippen molar-refractivity contribution in [3.8, 4) is 0 Å². The number of esters is 1. The normalized spacial score (nSPS) is 10.5. The van der Waals surface area contributed by atoms with Crippen LogP contribution in [0.15, 0.2) is 24.3 Å². The monoisotopic (exact) mass is 249 g/mol. The van der Waals surface area contributed by atoms with E-state index < -0.39 is 5.97 Å². The number of aryl methyl sites for hydroxylation is 1. The van der Waals surface area contributed by atoms with Crippen molar-refractivity contribution >= 4 is 23.7 Å². The van der Waals surface area contributed by atoms with Crippen molar-refractivity contribution in [3.05, 3.63) is 35.4 Å². The molecule has 96 valence electrons. The van der Waals surface area contributed by atoms with Crippen molar-refractivity contribution in [1.29, 1.82) is 0 Å². The smallest absolute Gasteiger partial charge is 0.328 e. The van der Waals surface area contributed by atoms with Crippen LogP contribution in [0, 0.1) is 0 Å². The van der Waals surface area contributed by atoms with Gasteiger partial charge in [0.25, 0.3) is 0 Å². The van der Waals surface area contributed by atoms with E-state index in [1.165, 1.54) is 13.2 Å². The fraction of sp³-hybridized carbons (Fsp3) is 0.231. The van der Waals surface area contributed by atoms with E-state index in [1.807, 2.05) is 0 Å². The third-order valence-electron chi connectivity index (χ3n) is 2.40. The molecule has 5 heteroatoms. The van der Waals surface area contributed by atoms with Gasteiger partial charge in [0.05, 0.1) is 7.11 Å². The zero-order valence-electron chi connectivity index (χ0n) is 10.1. The SMILES string of the molecule is COC(=O)CCc1ccc(/C=C/C(=O)O)c(N)c1. The second-order valence-corrected chi connectivity index (χ2v) is 3.71. The molecular weight excluding hydrogens is 234 g/mol. The third-order valence-corrected chi connectivity index (χ3v) is 2.40. The van der Waals surface area contributed by atoms with Crippen molar-refractivity contribution in [3.63, 3.8) is 0 Å². The fourth-order valence-electron chi connectivity index (χ4n) is 1.44. The summed E-state index contributed by atoms with van der Waals surface area (Å²) in [6, 6.07) is 5.26. The number of methoxy groups -OCH3 is 1. The summed E-state index contributed by atoms with van der Waals surface area (Å²) in [6.45, 7) is 0. The number of aliphatic carboxylic acids is 1. The van der Waals surface area contributed by atoms with E-state index >= 15 is 0 Å². The predicted molar refractivity (Wildman–Crippen MR) is 67.9 cm³/mol. The zero-order valence-corrected chi connectivity index (χ0v) is 10.1. The predicted octanol–water partition coefficient (Wildman–Crippen LogP) is 1.47. The number of hydrogen-bond donors (Lipinski definition) is 2. The Labute approximate surface area is 105 Å². The zero-order chi connectivity index (χ0) is 13.5. The van der Waals surface area contributed by atoms with Crippen LogP contribution in [0.1, 0.15) is 17.5 Å². The second kappa shape index (κ2) is 6.44. The molecule has 3 N–H and O–H groups in total. The number of carbonyl (C=O) groups excluding carboxylic acids is 1. The lowest BCUT2D eigenvalue weighted by atomic mass is 10.0. The first kappa shape index (κ1) is 13.8. The van der Waals surface area contributed by atoms with Gasteiger partial charge in [0.2, 0.25) is 0 Å². The van der Waals surface area contributed by atoms with Crippen LogP contribution in [0.4, 0.5) is 5.69 Å². The molecule has 0 aliphatic carbocycles. The third kappa shape index (κ3) is 4.29. The Kier molecular flexibility index (Phi) is 4.92. The molecule has 0 atom stereocenters. The molecule has 1 rings (SSSR count). The minimum Gasteiger partial charge on any atom is -0.478 e. The summed E-state index contributed by atoms with van der Waals surface area (Å²) in [5.41, 5.74) is 7.81. The van der Waals surface area contributed by atoms with Crippen LogP contribution in [0.25, 0.3) is 6.08 Å². The van der Waals surface area contributed by atoms with Gasteiger partial charge in [0.1, 0.15) is 0 Å². The molecule has 0 radical (unpaired) electrons. The summed E-state index contributed by atoms with van der Waals surface area (Å²) >= 11 is 0. The molecule has 0 aliphatic heterocycles. The Bertz CT molecular complexity index is 480. The van der Waals surface area contributed by atoms with Gasteiger partial charge in [-0.15, -0.1) is 0 Å². The van der Waals surface area contributed by atoms with E-state index in [0.29, 0.717) is 24.1 Å². The molecule has 0 saturated carbocycles. The lowest BCUT2D eigenvalue weighted by Gasteiger charge is -2.05. The summed E-state index contributed by atoms with van der Waals surface area (Å²) in [7, 11) is 1.34. The van der Waals surface area contributed by atoms with Crippen molar-refractivity contribution in [2.75, 3.05) is 12.8 Å². The molecule has 1 aromatic carbocycles. The maximum absolute atomic E-state index is 11.0. The van der Waals surface area contributed by atoms with Gasteiger partial charge < -0.3 is 15.6 Å². The molecule has 0 unspecified atom stereocenters. The molecule has 18 heavy (non-hydrogen) atoms. The van der Waals surface area contributed by atoms with Crippen LogP contribution < -0.4 is 5.73 Å². The lowest BCUT2D eigenvalue weighted by Crippen LogP contribution is -2.02. The minimum absolute atomic E-state index is 0.275. The number of benzene rings is 1. The molecule has 1 aromatic rings. The molecule has 0 aliphatic rings. The summed E-state index contributed by atoms with van der Waals surface area (Å²) in [6.07, 6.45) is 3.29. The maximum atomic E-state index is 11.0. The van der Waals surface area contributed by atoms with Gasteiger partial charge in [-0.1, -0.05) is 12.1 Å². The first-order valence-electron chi connectivity index (χ1n) is 5.39. The molecule has 5 nitrogen and oxygen atoms in total. The Morgan fingerprint density at radius 3 is 2.72 bits per heavy atom. The first-order valence-corrected chi connectivity index (χ1v) is 5.39. The van der Waals surface area contributed by atoms with Gasteiger partial charge in [-0.2, -0.15) is 0 Å². The highest BCUT2D eigenvalue weighted by atomic mass is 16.5. The van der Waals surface area contributed by atoms with E-state index in [0.717, 1.165) is 11.6 Å². The largest absolute Gasteiger partial charge is 0.478 e. The number of ether oxygens (including phenoxy) is 1. The Morgan fingerprint density at radius 1 is 1.44 bits per heavy atom. The van der Waals surface area contributed by atoms with E-state index in [4.69, 9.17) is 10.8 Å². The van der Waals surface area contributed by atoms with Crippen LogP contribution >= 0.6 is 0 Å². The van der Waals surface area contributed by atoms with Crippen molar-refractivity contribution < 1.29 is 19.4 Å². The van der Waals surface area contributed by atoms with Crippen LogP contribution in [0.2, 0.25) is 0 Å². The Morgan fingerprint density at radius 2 is 2.17 bits per heavy atom. The highest BCUT2D eigenvalue weighted by Crippen LogP contribution is 2.17. The van der Waals surface area contributed by atoms with Crippen molar-refractivity contribution in [1.82, 2.24) is 0 Å². The van der Waals surface area contributed by atoms with Gasteiger partial charge in [-0.25, -0.2) is 4.79 Å². The Balaban J connectivity index is 2.73. The van der Waals surface area contributed by atoms with E-state index in [-0.39, 0.29) is 5.97 Å². The van der Waals surface area contributed by atoms with Crippen LogP contribution in [-0.4, -0.2) is 24.2 Å². The van der Waals surface area contributed by atoms with Crippen LogP contribution in [0.5, 0.6) is 0 Å². The number of carboxylic acid groups (broad SMARTS) is 1. The quantitative estimate of drug-likeness (QED) is 0.468. The molecule has 0 amide bonds. The van der Waals surface area contributed by atoms with Gasteiger partial charge in [-0.05, 0) is 29.7 Å². The van der Waals surface area contributed by atoms with Crippen LogP contribution in [0.3, 0.4) is 0 Å². The average molecular weight is 249 g/mol. The fourth-order valence-corrected chi connectivity index (χ4v) is 1.44. The molecule has 0 fully saturated rings. The minimum atomic E-state index is -1.02. The number of hydrogen-bond acceptors (Lipinski definition) is 4. The average Bonchev–Trinajstić information content (AvgIpc) is 2.34. The number of nitrogen functional groups attached to an aromatic ring is 1. The summed E-state index contributed by atoms with van der Waals surface area (Å²) < 4.78 is 4.54. The van der Waals surface area contributed by atoms with Gasteiger partial charge in [0.15, 0.2) is 0 Å². The molecule has 0 bridgehead atoms. The number of carboxylic acids is 1. The summed E-state index contributed by atoms with van der Waals surface area (Å²) in [5.74, 6) is -1.30. The van der Waals surface area contributed by atoms with Gasteiger partial charge >= 0.3 is 11.9 Å². The van der Waals surface area contributed by atoms with Gasteiger partial charge in [0, 0.05) is 18.2 Å². The highest BCUT2D eigenvalue weighted by Gasteiger charge is 2.03. The van der Waals surface area contributed by atoms with Gasteiger partial charge in [-0.3, -0.25) is 4.79 Å². The first-order chi connectivity index (χ1) is 8.52. The lowest BCUT2D eigenvalue weighted by molar-refractivity contribution is -0.140. The molecule has 0 heterocycles. The van der Waals surface area contributed by atoms with Crippen LogP contribution in [-0.2, 0) is 20.7 Å². The molecule has 0 spiro atoms. The topological polar surface area (TPSA) is 89.6 Å². The number of anilines is 1. The second-order valence-electron chi connectivity index (χ2n) is 3.71. The number of carbonyl (C=O) groups is 2. The van der Waals surface area contributed by atoms with Crippen molar-refractivity contribution in [2.24, 2.45) is 0 Å². The molecule has 0 aromatic heterocycles.